The van der Waals surface area contributed by atoms with E-state index < -0.39 is 11.7 Å². The van der Waals surface area contributed by atoms with Crippen molar-refractivity contribution in [1.82, 2.24) is 15.1 Å². The number of nitrogens with one attached hydrogen (secondary N) is 1. The molecule has 3 heterocycles. The molecule has 8 heteroatoms. The molecule has 5 nitrogen and oxygen atoms in total. The molecular formula is C25H31F3N4O. The summed E-state index contributed by atoms with van der Waals surface area (Å²) >= 11 is 0. The molecule has 1 aromatic carbocycles. The highest BCUT2D eigenvalue weighted by Gasteiger charge is 2.42. The van der Waals surface area contributed by atoms with Gasteiger partial charge in [-0.1, -0.05) is 24.3 Å². The van der Waals surface area contributed by atoms with Crippen LogP contribution in [0, 0.1) is 24.7 Å². The topological polar surface area (TPSA) is 50.3 Å². The van der Waals surface area contributed by atoms with Gasteiger partial charge in [0.25, 0.3) is 0 Å². The summed E-state index contributed by atoms with van der Waals surface area (Å²) in [5.74, 6) is 1.64. The van der Waals surface area contributed by atoms with Gasteiger partial charge in [0.2, 0.25) is 0 Å². The van der Waals surface area contributed by atoms with Gasteiger partial charge in [-0.2, -0.15) is 13.2 Å². The Kier molecular flexibility index (Phi) is 6.31. The largest absolute Gasteiger partial charge is 0.420 e. The summed E-state index contributed by atoms with van der Waals surface area (Å²) in [6.07, 6.45) is -0.466. The number of hydrogen-bond donors (Lipinski definition) is 1. The van der Waals surface area contributed by atoms with Crippen LogP contribution in [0.5, 0.6) is 0 Å². The molecular weight excluding hydrogens is 429 g/mol. The molecule has 1 unspecified atom stereocenters. The number of rotatable bonds is 5. The number of nitrogens with zero attached hydrogens (tertiary/aromatic N) is 3. The van der Waals surface area contributed by atoms with E-state index in [4.69, 9.17) is 4.74 Å². The number of halogens is 3. The highest BCUT2D eigenvalue weighted by Crippen LogP contribution is 2.42. The zero-order valence-electron chi connectivity index (χ0n) is 18.9. The fourth-order valence-corrected chi connectivity index (χ4v) is 5.86. The van der Waals surface area contributed by atoms with E-state index in [1.807, 2.05) is 19.1 Å². The molecule has 2 aliphatic heterocycles. The van der Waals surface area contributed by atoms with E-state index >= 15 is 0 Å². The van der Waals surface area contributed by atoms with Gasteiger partial charge in [-0.05, 0) is 62.0 Å². The number of hydrogen-bond acceptors (Lipinski definition) is 5. The first-order valence-electron chi connectivity index (χ1n) is 11.9. The van der Waals surface area contributed by atoms with Gasteiger partial charge in [-0.3, -0.25) is 0 Å². The summed E-state index contributed by atoms with van der Waals surface area (Å²) in [6, 6.07) is 8.42. The SMILES string of the molecule is Cc1ccccc1-c1cc(C(F)(F)F)c(NC2C[C@@H]3CN(CC4CCOCC4)C[C@@H]3C2)nn1. The molecule has 33 heavy (non-hydrogen) atoms. The quantitative estimate of drug-likeness (QED) is 0.679. The number of alkyl halides is 3. The normalized spacial score (nSPS) is 26.5. The molecule has 2 aromatic rings. The summed E-state index contributed by atoms with van der Waals surface area (Å²) in [5, 5.41) is 11.3. The summed E-state index contributed by atoms with van der Waals surface area (Å²) in [5.41, 5.74) is 1.05. The molecule has 2 saturated heterocycles. The Bertz CT molecular complexity index is 962. The van der Waals surface area contributed by atoms with Crippen molar-refractivity contribution >= 4 is 5.82 Å². The fourth-order valence-electron chi connectivity index (χ4n) is 5.86. The average molecular weight is 461 g/mol. The minimum Gasteiger partial charge on any atom is -0.381 e. The van der Waals surface area contributed by atoms with E-state index in [9.17, 15) is 13.2 Å². The second-order valence-corrected chi connectivity index (χ2v) is 9.91. The minimum atomic E-state index is -4.50. The van der Waals surface area contributed by atoms with Gasteiger partial charge in [-0.15, -0.1) is 10.2 Å². The lowest BCUT2D eigenvalue weighted by Gasteiger charge is -2.28. The van der Waals surface area contributed by atoms with Crippen molar-refractivity contribution in [2.75, 3.05) is 38.2 Å². The van der Waals surface area contributed by atoms with Crippen molar-refractivity contribution in [1.29, 1.82) is 0 Å². The lowest BCUT2D eigenvalue weighted by Crippen LogP contribution is -2.32. The van der Waals surface area contributed by atoms with Crippen molar-refractivity contribution in [2.45, 2.75) is 44.8 Å². The number of aryl methyl sites for hydroxylation is 1. The molecule has 3 fully saturated rings. The molecule has 1 aliphatic carbocycles. The minimum absolute atomic E-state index is 0.00458. The van der Waals surface area contributed by atoms with Crippen molar-refractivity contribution in [3.8, 4) is 11.3 Å². The molecule has 0 bridgehead atoms. The number of likely N-dealkylation sites (tertiary alicyclic amines) is 1. The summed E-state index contributed by atoms with van der Waals surface area (Å²) in [7, 11) is 0. The van der Waals surface area contributed by atoms with Crippen LogP contribution in [0.3, 0.4) is 0 Å². The van der Waals surface area contributed by atoms with E-state index in [0.29, 0.717) is 23.3 Å². The zero-order chi connectivity index (χ0) is 23.0. The Morgan fingerprint density at radius 1 is 1.06 bits per heavy atom. The van der Waals surface area contributed by atoms with E-state index in [0.717, 1.165) is 70.2 Å². The first-order chi connectivity index (χ1) is 15.9. The number of fused-ring (bicyclic) bond motifs is 1. The third-order valence-electron chi connectivity index (χ3n) is 7.55. The monoisotopic (exact) mass is 460 g/mol. The maximum atomic E-state index is 13.9. The predicted molar refractivity (Wildman–Crippen MR) is 121 cm³/mol. The molecule has 178 valence electrons. The van der Waals surface area contributed by atoms with Gasteiger partial charge in [0, 0.05) is 44.5 Å². The molecule has 1 aromatic heterocycles. The molecule has 0 spiro atoms. The van der Waals surface area contributed by atoms with Crippen molar-refractivity contribution in [3.63, 3.8) is 0 Å². The third-order valence-corrected chi connectivity index (χ3v) is 7.55. The molecule has 1 N–H and O–H groups in total. The smallest absolute Gasteiger partial charge is 0.381 e. The maximum Gasteiger partial charge on any atom is 0.420 e. The van der Waals surface area contributed by atoms with Crippen LogP contribution < -0.4 is 5.32 Å². The molecule has 5 rings (SSSR count). The number of anilines is 1. The second kappa shape index (κ2) is 9.22. The number of aromatic nitrogens is 2. The number of ether oxygens (including phenoxy) is 1. The van der Waals surface area contributed by atoms with Crippen LogP contribution in [-0.4, -0.2) is 54.0 Å². The Balaban J connectivity index is 1.25. The van der Waals surface area contributed by atoms with Crippen LogP contribution in [0.25, 0.3) is 11.3 Å². The van der Waals surface area contributed by atoms with Gasteiger partial charge >= 0.3 is 6.18 Å². The second-order valence-electron chi connectivity index (χ2n) is 9.91. The standard InChI is InChI=1S/C25H31F3N4O/c1-16-4-2-3-5-21(16)23-12-22(25(26,27)28)24(31-30-23)29-20-10-18-14-32(15-19(18)11-20)13-17-6-8-33-9-7-17/h2-5,12,17-20H,6-11,13-15H2,1H3,(H,29,31)/t18-,19+,20?. The Morgan fingerprint density at radius 3 is 2.42 bits per heavy atom. The van der Waals surface area contributed by atoms with Crippen LogP contribution in [0.2, 0.25) is 0 Å². The first kappa shape index (κ1) is 22.6. The average Bonchev–Trinajstić information content (AvgIpc) is 3.32. The molecule has 0 radical (unpaired) electrons. The first-order valence-corrected chi connectivity index (χ1v) is 11.9. The van der Waals surface area contributed by atoms with E-state index in [2.05, 4.69) is 20.4 Å². The maximum absolute atomic E-state index is 13.9. The van der Waals surface area contributed by atoms with E-state index in [1.165, 1.54) is 0 Å². The van der Waals surface area contributed by atoms with Crippen molar-refractivity contribution < 1.29 is 17.9 Å². The van der Waals surface area contributed by atoms with Crippen molar-refractivity contribution in [3.05, 3.63) is 41.5 Å². The highest BCUT2D eigenvalue weighted by atomic mass is 19.4. The van der Waals surface area contributed by atoms with Gasteiger partial charge in [0.15, 0.2) is 5.82 Å². The van der Waals surface area contributed by atoms with E-state index in [1.54, 1.807) is 12.1 Å². The molecule has 3 atom stereocenters. The summed E-state index contributed by atoms with van der Waals surface area (Å²) in [4.78, 5) is 2.56. The van der Waals surface area contributed by atoms with Crippen LogP contribution in [0.4, 0.5) is 19.0 Å². The van der Waals surface area contributed by atoms with Crippen LogP contribution in [-0.2, 0) is 10.9 Å². The van der Waals surface area contributed by atoms with Crippen LogP contribution in [0.15, 0.2) is 30.3 Å². The van der Waals surface area contributed by atoms with Gasteiger partial charge in [0.1, 0.15) is 5.56 Å². The summed E-state index contributed by atoms with van der Waals surface area (Å²) < 4.78 is 47.2. The zero-order valence-corrected chi connectivity index (χ0v) is 18.9. The van der Waals surface area contributed by atoms with E-state index in [-0.39, 0.29) is 17.6 Å². The molecule has 3 aliphatic rings. The Labute approximate surface area is 192 Å². The molecule has 0 amide bonds. The Hall–Kier alpha value is -2.19. The number of benzene rings is 1. The van der Waals surface area contributed by atoms with Crippen LogP contribution >= 0.6 is 0 Å². The lowest BCUT2D eigenvalue weighted by molar-refractivity contribution is -0.137. The predicted octanol–water partition coefficient (Wildman–Crippen LogP) is 5.02. The van der Waals surface area contributed by atoms with Crippen molar-refractivity contribution in [2.24, 2.45) is 17.8 Å². The van der Waals surface area contributed by atoms with Gasteiger partial charge in [-0.25, -0.2) is 0 Å². The van der Waals surface area contributed by atoms with Gasteiger partial charge in [0.05, 0.1) is 5.69 Å². The highest BCUT2D eigenvalue weighted by molar-refractivity contribution is 5.65. The fraction of sp³-hybridized carbons (Fsp3) is 0.600. The third kappa shape index (κ3) is 5.01. The van der Waals surface area contributed by atoms with Gasteiger partial charge < -0.3 is 15.0 Å². The molecule has 1 saturated carbocycles. The lowest BCUT2D eigenvalue weighted by atomic mass is 10.00. The summed E-state index contributed by atoms with van der Waals surface area (Å²) in [6.45, 7) is 6.80. The van der Waals surface area contributed by atoms with Crippen LogP contribution in [0.1, 0.15) is 36.8 Å². The Morgan fingerprint density at radius 2 is 1.76 bits per heavy atom.